The molecule has 0 saturated heterocycles. The fraction of sp³-hybridized carbons (Fsp3) is 0.200. The Morgan fingerprint density at radius 2 is 1.60 bits per heavy atom. The van der Waals surface area contributed by atoms with Crippen molar-refractivity contribution in [1.29, 1.82) is 0 Å². The first-order chi connectivity index (χ1) is 6.86. The summed E-state index contributed by atoms with van der Waals surface area (Å²) in [7, 11) is 20.1. The number of fused-ring (bicyclic) bond motifs is 1. The van der Waals surface area contributed by atoms with E-state index in [1.54, 1.807) is 0 Å². The van der Waals surface area contributed by atoms with E-state index in [-0.39, 0.29) is 0 Å². The molecular weight excluding hydrogens is 353 g/mol. The summed E-state index contributed by atoms with van der Waals surface area (Å²) in [6.07, 6.45) is 3.41. The molecule has 0 unspecified atom stereocenters. The Bertz CT molecular complexity index is 362. The van der Waals surface area contributed by atoms with Crippen LogP contribution in [0.1, 0.15) is 18.1 Å². The van der Waals surface area contributed by atoms with Crippen molar-refractivity contribution in [1.82, 2.24) is 0 Å². The monoisotopic (exact) mass is 360 g/mol. The summed E-state index contributed by atoms with van der Waals surface area (Å²) in [5.74, 6) is 0. The quantitative estimate of drug-likeness (QED) is 0.579. The molecule has 0 N–H and O–H groups in total. The maximum atomic E-state index is 5.04. The third-order valence-corrected chi connectivity index (χ3v) is 1.93. The zero-order chi connectivity index (χ0) is 11.5. The zero-order valence-corrected chi connectivity index (χ0v) is 13.6. The van der Waals surface area contributed by atoms with Crippen molar-refractivity contribution >= 4 is 40.1 Å². The predicted octanol–water partition coefficient (Wildman–Crippen LogP) is 5.40. The SMILES string of the molecule is CC1=Cc2ccccc2C1.[Cl][Zr]([Cl])([Cl])[Cl]. The van der Waals surface area contributed by atoms with Gasteiger partial charge in [0.1, 0.15) is 0 Å². The normalized spacial score (nSPS) is 13.8. The molecule has 1 aliphatic carbocycles. The van der Waals surface area contributed by atoms with E-state index in [4.69, 9.17) is 34.1 Å². The van der Waals surface area contributed by atoms with Crippen LogP contribution in [0.15, 0.2) is 29.8 Å². The van der Waals surface area contributed by atoms with Crippen molar-refractivity contribution < 1.29 is 15.5 Å². The van der Waals surface area contributed by atoms with E-state index >= 15 is 0 Å². The molecule has 82 valence electrons. The van der Waals surface area contributed by atoms with Gasteiger partial charge >= 0.3 is 49.5 Å². The van der Waals surface area contributed by atoms with Gasteiger partial charge in [0.25, 0.3) is 0 Å². The fourth-order valence-corrected chi connectivity index (χ4v) is 1.45. The molecule has 0 aliphatic heterocycles. The minimum absolute atomic E-state index is 1.15. The molecule has 0 atom stereocenters. The van der Waals surface area contributed by atoms with Gasteiger partial charge in [-0.05, 0) is 24.5 Å². The van der Waals surface area contributed by atoms with Crippen LogP contribution in [0.2, 0.25) is 0 Å². The molecule has 0 amide bonds. The predicted molar refractivity (Wildman–Crippen MR) is 67.2 cm³/mol. The number of hydrogen-bond acceptors (Lipinski definition) is 0. The van der Waals surface area contributed by atoms with Crippen LogP contribution < -0.4 is 0 Å². The van der Waals surface area contributed by atoms with E-state index in [9.17, 15) is 0 Å². The van der Waals surface area contributed by atoms with E-state index in [1.165, 1.54) is 16.7 Å². The third-order valence-electron chi connectivity index (χ3n) is 1.93. The molecule has 0 heterocycles. The number of rotatable bonds is 0. The third kappa shape index (κ3) is 6.34. The van der Waals surface area contributed by atoms with Gasteiger partial charge in [-0.3, -0.25) is 0 Å². The number of hydrogen-bond donors (Lipinski definition) is 0. The van der Waals surface area contributed by atoms with Gasteiger partial charge in [-0.25, -0.2) is 0 Å². The molecule has 1 aromatic carbocycles. The second kappa shape index (κ2) is 6.08. The van der Waals surface area contributed by atoms with Crippen LogP contribution in [-0.2, 0) is 21.9 Å². The summed E-state index contributed by atoms with van der Waals surface area (Å²) in [5.41, 5.74) is 4.35. The van der Waals surface area contributed by atoms with Crippen LogP contribution in [0.5, 0.6) is 0 Å². The number of benzene rings is 1. The van der Waals surface area contributed by atoms with Gasteiger partial charge < -0.3 is 0 Å². The first-order valence-electron chi connectivity index (χ1n) is 4.37. The molecule has 1 aromatic rings. The molecule has 0 nitrogen and oxygen atoms in total. The van der Waals surface area contributed by atoms with Gasteiger partial charge in [-0.15, -0.1) is 0 Å². The Morgan fingerprint density at radius 1 is 1.07 bits per heavy atom. The molecule has 5 heteroatoms. The minimum atomic E-state index is -3.29. The molecule has 2 rings (SSSR count). The number of allylic oxidation sites excluding steroid dienone is 1. The van der Waals surface area contributed by atoms with Crippen molar-refractivity contribution in [3.63, 3.8) is 0 Å². The molecule has 0 aromatic heterocycles. The average Bonchev–Trinajstić information content (AvgIpc) is 2.40. The summed E-state index contributed by atoms with van der Waals surface area (Å²) < 4.78 is 0. The van der Waals surface area contributed by atoms with E-state index in [1.807, 2.05) is 0 Å². The summed E-state index contributed by atoms with van der Waals surface area (Å²) in [6.45, 7) is 2.18. The van der Waals surface area contributed by atoms with Gasteiger partial charge in [0, 0.05) is 0 Å². The van der Waals surface area contributed by atoms with Gasteiger partial charge in [-0.1, -0.05) is 35.9 Å². The Labute approximate surface area is 109 Å². The van der Waals surface area contributed by atoms with Gasteiger partial charge in [-0.2, -0.15) is 0 Å². The van der Waals surface area contributed by atoms with E-state index in [0.717, 1.165) is 6.42 Å². The van der Waals surface area contributed by atoms with Gasteiger partial charge in [0.2, 0.25) is 0 Å². The van der Waals surface area contributed by atoms with Crippen molar-refractivity contribution in [2.45, 2.75) is 13.3 Å². The molecule has 0 fully saturated rings. The standard InChI is InChI=1S/C10H10.4ClH.Zr/c1-8-6-9-4-2-3-5-10(9)7-8;;;;;/h2-6H,7H2,1H3;4*1H;/q;;;;;+4/p-4. The molecule has 1 aliphatic rings. The summed E-state index contributed by atoms with van der Waals surface area (Å²) >= 11 is -3.29. The van der Waals surface area contributed by atoms with Crippen molar-refractivity contribution in [2.24, 2.45) is 0 Å². The maximum absolute atomic E-state index is 5.04. The Balaban J connectivity index is 0.000000195. The summed E-state index contributed by atoms with van der Waals surface area (Å²) in [6, 6.07) is 8.56. The summed E-state index contributed by atoms with van der Waals surface area (Å²) in [5, 5.41) is 0. The van der Waals surface area contributed by atoms with Crippen molar-refractivity contribution in [2.75, 3.05) is 0 Å². The molecule has 0 spiro atoms. The molecule has 0 saturated carbocycles. The van der Waals surface area contributed by atoms with Crippen LogP contribution in [0, 0.1) is 0 Å². The first kappa shape index (κ1) is 14.1. The Kier molecular flexibility index (Phi) is 5.70. The second-order valence-corrected chi connectivity index (χ2v) is 25.7. The van der Waals surface area contributed by atoms with Crippen LogP contribution >= 0.6 is 34.1 Å². The fourth-order valence-electron chi connectivity index (χ4n) is 1.45. The van der Waals surface area contributed by atoms with E-state index in [0.29, 0.717) is 0 Å². The molecule has 0 bridgehead atoms. The van der Waals surface area contributed by atoms with E-state index in [2.05, 4.69) is 37.3 Å². The topological polar surface area (TPSA) is 0 Å². The second-order valence-electron chi connectivity index (χ2n) is 3.29. The van der Waals surface area contributed by atoms with Crippen LogP contribution in [0.25, 0.3) is 6.08 Å². The van der Waals surface area contributed by atoms with Crippen LogP contribution in [-0.4, -0.2) is 0 Å². The molecule has 15 heavy (non-hydrogen) atoms. The first-order valence-corrected chi connectivity index (χ1v) is 17.0. The number of halogens is 4. The van der Waals surface area contributed by atoms with Crippen LogP contribution in [0.3, 0.4) is 0 Å². The Morgan fingerprint density at radius 3 is 2.13 bits per heavy atom. The summed E-state index contributed by atoms with van der Waals surface area (Å²) in [4.78, 5) is 0. The zero-order valence-electron chi connectivity index (χ0n) is 8.11. The Hall–Kier alpha value is 1.00. The van der Waals surface area contributed by atoms with Crippen LogP contribution in [0.4, 0.5) is 0 Å². The van der Waals surface area contributed by atoms with Crippen molar-refractivity contribution in [3.8, 4) is 0 Å². The van der Waals surface area contributed by atoms with Crippen molar-refractivity contribution in [3.05, 3.63) is 41.0 Å². The van der Waals surface area contributed by atoms with E-state index < -0.39 is 15.5 Å². The molecule has 0 radical (unpaired) electrons. The average molecular weight is 363 g/mol. The molecular formula is C10H10Cl4Zr. The van der Waals surface area contributed by atoms with Gasteiger partial charge in [0.15, 0.2) is 0 Å². The van der Waals surface area contributed by atoms with Gasteiger partial charge in [0.05, 0.1) is 0 Å².